The number of nitrogens with one attached hydrogen (secondary N) is 1. The Bertz CT molecular complexity index is 1620. The number of amides is 2. The number of halogens is 3. The largest absolute Gasteiger partial charge is 0.379 e. The third kappa shape index (κ3) is 5.07. The number of alkyl halides is 2. The second-order valence-corrected chi connectivity index (χ2v) is 11.6. The van der Waals surface area contributed by atoms with Gasteiger partial charge in [0.25, 0.3) is 18.2 Å². The minimum atomic E-state index is -2.73. The average molecular weight is 595 g/mol. The van der Waals surface area contributed by atoms with Crippen LogP contribution < -0.4 is 11.2 Å². The number of pyridine rings is 1. The predicted molar refractivity (Wildman–Crippen MR) is 152 cm³/mol. The van der Waals surface area contributed by atoms with Crippen molar-refractivity contribution in [1.29, 1.82) is 0 Å². The molecule has 2 fully saturated rings. The highest BCUT2D eigenvalue weighted by molar-refractivity contribution is 6.05. The maximum atomic E-state index is 15.7. The fourth-order valence-corrected chi connectivity index (χ4v) is 5.86. The van der Waals surface area contributed by atoms with Gasteiger partial charge < -0.3 is 15.0 Å². The normalized spacial score (nSPS) is 25.8. The van der Waals surface area contributed by atoms with Gasteiger partial charge in [-0.2, -0.15) is 10.8 Å². The van der Waals surface area contributed by atoms with E-state index in [1.165, 1.54) is 18.3 Å². The predicted octanol–water partition coefficient (Wildman–Crippen LogP) is 4.29. The fourth-order valence-electron chi connectivity index (χ4n) is 5.86. The smallest absolute Gasteiger partial charge is 0.267 e. The summed E-state index contributed by atoms with van der Waals surface area (Å²) in [5, 5.41) is 2.42. The van der Waals surface area contributed by atoms with Gasteiger partial charge in [0.2, 0.25) is 11.6 Å². The van der Waals surface area contributed by atoms with Crippen molar-refractivity contribution in [3.05, 3.63) is 82.8 Å². The lowest BCUT2D eigenvalue weighted by molar-refractivity contribution is -0.750. The van der Waals surface area contributed by atoms with Crippen LogP contribution in [0.15, 0.2) is 70.3 Å². The van der Waals surface area contributed by atoms with E-state index in [4.69, 9.17) is 15.6 Å². The molecule has 10 nitrogen and oxygen atoms in total. The van der Waals surface area contributed by atoms with Crippen LogP contribution in [0.5, 0.6) is 0 Å². The minimum absolute atomic E-state index is 0.0410. The summed E-state index contributed by atoms with van der Waals surface area (Å²) in [4.78, 5) is 41.1. The molecule has 1 unspecified atom stereocenters. The number of aromatic nitrogens is 1. The van der Waals surface area contributed by atoms with E-state index in [1.54, 1.807) is 12.4 Å². The molecule has 43 heavy (non-hydrogen) atoms. The molecule has 4 aliphatic rings. The Balaban J connectivity index is 1.27. The van der Waals surface area contributed by atoms with Crippen LogP contribution in [0.25, 0.3) is 0 Å². The first-order valence-corrected chi connectivity index (χ1v) is 14.0. The maximum absolute atomic E-state index is 15.7. The molecule has 6 rings (SSSR count). The number of piperidine rings is 1. The molecule has 1 aromatic carbocycles. The number of nitrogens with two attached hydrogens (primary N) is 1. The second kappa shape index (κ2) is 10.8. The van der Waals surface area contributed by atoms with E-state index in [2.05, 4.69) is 15.3 Å². The lowest BCUT2D eigenvalue weighted by atomic mass is 9.83. The molecule has 4 aliphatic heterocycles. The molecule has 3 N–H and O–H groups in total. The fraction of sp³-hybridized carbons (Fsp3) is 0.367. The number of amidine groups is 1. The van der Waals surface area contributed by atoms with Gasteiger partial charge in [-0.15, -0.1) is 4.59 Å². The number of carbonyl (C=O) groups excluding carboxylic acids is 2. The Labute approximate surface area is 246 Å². The Morgan fingerprint density at radius 2 is 2.00 bits per heavy atom. The monoisotopic (exact) mass is 594 g/mol. The van der Waals surface area contributed by atoms with Crippen LogP contribution in [-0.2, 0) is 9.53 Å². The summed E-state index contributed by atoms with van der Waals surface area (Å²) in [6.45, 7) is 5.16. The zero-order chi connectivity index (χ0) is 30.5. The van der Waals surface area contributed by atoms with Crippen LogP contribution in [0.1, 0.15) is 54.6 Å². The van der Waals surface area contributed by atoms with Crippen molar-refractivity contribution in [2.45, 2.75) is 39.2 Å². The van der Waals surface area contributed by atoms with E-state index in [-0.39, 0.29) is 46.2 Å². The first-order chi connectivity index (χ1) is 20.5. The number of benzene rings is 1. The number of fused-ring (bicyclic) bond motifs is 1. The zero-order valence-corrected chi connectivity index (χ0v) is 23.6. The molecule has 0 bridgehead atoms. The van der Waals surface area contributed by atoms with Gasteiger partial charge in [0.1, 0.15) is 23.5 Å². The van der Waals surface area contributed by atoms with Crippen LogP contribution >= 0.6 is 0 Å². The minimum Gasteiger partial charge on any atom is -0.379 e. The van der Waals surface area contributed by atoms with E-state index >= 15 is 4.39 Å². The van der Waals surface area contributed by atoms with Gasteiger partial charge in [-0.3, -0.25) is 14.6 Å². The van der Waals surface area contributed by atoms with Gasteiger partial charge in [0, 0.05) is 35.8 Å². The molecule has 0 aliphatic carbocycles. The number of rotatable bonds is 6. The number of aliphatic imine (C=N–C) groups is 2. The van der Waals surface area contributed by atoms with Gasteiger partial charge in [0.15, 0.2) is 0 Å². The highest BCUT2D eigenvalue weighted by Crippen LogP contribution is 2.40. The maximum Gasteiger partial charge on any atom is 0.267 e. The quantitative estimate of drug-likeness (QED) is 0.382. The highest BCUT2D eigenvalue weighted by Gasteiger charge is 2.50. The number of allylic oxidation sites excluding steroid dienone is 1. The van der Waals surface area contributed by atoms with E-state index < -0.39 is 28.2 Å². The van der Waals surface area contributed by atoms with Crippen molar-refractivity contribution >= 4 is 29.7 Å². The van der Waals surface area contributed by atoms with E-state index in [0.29, 0.717) is 31.2 Å². The van der Waals surface area contributed by atoms with Crippen LogP contribution in [0, 0.1) is 17.2 Å². The summed E-state index contributed by atoms with van der Waals surface area (Å²) in [6.07, 6.45) is 4.67. The molecule has 5 heterocycles. The lowest BCUT2D eigenvalue weighted by Crippen LogP contribution is -2.57. The molecule has 2 amide bonds. The summed E-state index contributed by atoms with van der Waals surface area (Å²) in [5.41, 5.74) is 0.415. The van der Waals surface area contributed by atoms with E-state index in [0.717, 1.165) is 37.2 Å². The van der Waals surface area contributed by atoms with Gasteiger partial charge >= 0.3 is 0 Å². The van der Waals surface area contributed by atoms with Crippen molar-refractivity contribution < 1.29 is 32.1 Å². The van der Waals surface area contributed by atoms with Crippen LogP contribution in [0.3, 0.4) is 0 Å². The molecule has 0 radical (unpaired) electrons. The number of anilines is 1. The Kier molecular flexibility index (Phi) is 7.27. The van der Waals surface area contributed by atoms with Crippen molar-refractivity contribution in [3.8, 4) is 0 Å². The first-order valence-electron chi connectivity index (χ1n) is 14.0. The Morgan fingerprint density at radius 3 is 2.70 bits per heavy atom. The molecular weight excluding hydrogens is 563 g/mol. The van der Waals surface area contributed by atoms with Crippen molar-refractivity contribution in [1.82, 2.24) is 9.88 Å². The molecule has 13 heteroatoms. The Hall–Kier alpha value is -4.20. The third-order valence-corrected chi connectivity index (χ3v) is 8.46. The number of nitrogens with zero attached hydrogens (tertiary/aromatic N) is 5. The number of likely N-dealkylation sites (tertiary alicyclic amines) is 1. The number of carbonyl (C=O) groups is 2. The molecule has 0 saturated carbocycles. The summed E-state index contributed by atoms with van der Waals surface area (Å²) in [6, 6.07) is 6.12. The van der Waals surface area contributed by atoms with Crippen LogP contribution in [0.2, 0.25) is 0 Å². The standard InChI is InChI=1S/C30H30F3N7O3/c1-17-3-4-20(14-39(17)29(42)30(2)15-43-16-30)25-23-13-35-9-10-40(23,34)27(38-25)21-6-5-19(11-22(21)31)28(41)37-24-12-18(26(32)33)7-8-36-24/h5-13,17,20,26H,3-4,14-16,34H2,1-2H3/p+1/t17-,20+,40?/m0/s1. The summed E-state index contributed by atoms with van der Waals surface area (Å²) in [5.74, 6) is 5.39. The average Bonchev–Trinajstić information content (AvgIpc) is 3.28. The second-order valence-electron chi connectivity index (χ2n) is 11.6. The molecule has 1 aromatic heterocycles. The number of quaternary nitrogens is 1. The van der Waals surface area contributed by atoms with E-state index in [1.807, 2.05) is 18.7 Å². The van der Waals surface area contributed by atoms with Gasteiger partial charge in [-0.1, -0.05) is 0 Å². The van der Waals surface area contributed by atoms with Crippen molar-refractivity contribution in [2.24, 2.45) is 27.2 Å². The number of hydrogen-bond acceptors (Lipinski definition) is 7. The molecule has 0 spiro atoms. The number of ether oxygens (including phenoxy) is 1. The van der Waals surface area contributed by atoms with Gasteiger partial charge in [0.05, 0.1) is 36.6 Å². The van der Waals surface area contributed by atoms with Gasteiger partial charge in [-0.25, -0.2) is 18.2 Å². The lowest BCUT2D eigenvalue weighted by Gasteiger charge is -2.45. The van der Waals surface area contributed by atoms with Gasteiger partial charge in [-0.05, 0) is 57.0 Å². The molecule has 2 aromatic rings. The van der Waals surface area contributed by atoms with Crippen molar-refractivity contribution in [3.63, 3.8) is 0 Å². The summed E-state index contributed by atoms with van der Waals surface area (Å²) in [7, 11) is 0. The summed E-state index contributed by atoms with van der Waals surface area (Å²) >= 11 is 0. The SMILES string of the molecule is C[C@H]1CC[C@@H](C2=C3C=NC=C[N+]3(N)C(c3ccc(C(=O)Nc4cc(C(F)F)ccn4)cc3F)=N2)CN1C(=O)C1(C)COC1. The number of hydrogen-bond donors (Lipinski definition) is 2. The highest BCUT2D eigenvalue weighted by atomic mass is 19.3. The summed E-state index contributed by atoms with van der Waals surface area (Å²) < 4.78 is 46.7. The zero-order valence-electron chi connectivity index (χ0n) is 23.6. The molecule has 224 valence electrons. The van der Waals surface area contributed by atoms with E-state index in [9.17, 15) is 18.4 Å². The third-order valence-electron chi connectivity index (χ3n) is 8.46. The first kappa shape index (κ1) is 28.9. The van der Waals surface area contributed by atoms with Crippen LogP contribution in [-0.4, -0.2) is 64.1 Å². The van der Waals surface area contributed by atoms with Crippen LogP contribution in [0.4, 0.5) is 19.0 Å². The topological polar surface area (TPSA) is 122 Å². The van der Waals surface area contributed by atoms with Crippen molar-refractivity contribution in [2.75, 3.05) is 25.1 Å². The molecular formula is C30H31F3N7O3+. The molecule has 3 atom stereocenters. The molecule has 2 saturated heterocycles. The Morgan fingerprint density at radius 1 is 1.21 bits per heavy atom.